The van der Waals surface area contributed by atoms with Crippen molar-refractivity contribution in [2.24, 2.45) is 0 Å². The van der Waals surface area contributed by atoms with Crippen molar-refractivity contribution in [3.8, 4) is 0 Å². The van der Waals surface area contributed by atoms with Gasteiger partial charge in [-0.1, -0.05) is 18.6 Å². The average Bonchev–Trinajstić information content (AvgIpc) is 2.62. The number of nitrogens with one attached hydrogen (secondary N) is 1. The largest absolute Gasteiger partial charge is 0.353 e. The van der Waals surface area contributed by atoms with Crippen LogP contribution in [0.25, 0.3) is 0 Å². The van der Waals surface area contributed by atoms with Crippen LogP contribution in [-0.4, -0.2) is 42.2 Å². The summed E-state index contributed by atoms with van der Waals surface area (Å²) in [6, 6.07) is 11.1. The minimum Gasteiger partial charge on any atom is -0.353 e. The minimum absolute atomic E-state index is 0.707. The zero-order valence-corrected chi connectivity index (χ0v) is 14.1. The van der Waals surface area contributed by atoms with Gasteiger partial charge in [0.05, 0.1) is 0 Å². The van der Waals surface area contributed by atoms with E-state index < -0.39 is 0 Å². The molecule has 0 bridgehead atoms. The number of pyridine rings is 2. The molecule has 1 aliphatic carbocycles. The van der Waals surface area contributed by atoms with Crippen LogP contribution in [0.5, 0.6) is 0 Å². The van der Waals surface area contributed by atoms with Gasteiger partial charge in [0.2, 0.25) is 0 Å². The Hall–Kier alpha value is -2.14. The van der Waals surface area contributed by atoms with Gasteiger partial charge in [0, 0.05) is 56.7 Å². The van der Waals surface area contributed by atoms with Crippen LogP contribution in [0.3, 0.4) is 0 Å². The van der Waals surface area contributed by atoms with Crippen molar-refractivity contribution in [3.63, 3.8) is 0 Å². The van der Waals surface area contributed by atoms with Crippen molar-refractivity contribution < 1.29 is 0 Å². The summed E-state index contributed by atoms with van der Waals surface area (Å²) in [7, 11) is 0. The highest BCUT2D eigenvalue weighted by Gasteiger charge is 2.22. The van der Waals surface area contributed by atoms with Crippen LogP contribution >= 0.6 is 0 Å². The highest BCUT2D eigenvalue weighted by atomic mass is 15.3. The van der Waals surface area contributed by atoms with Crippen LogP contribution in [0.2, 0.25) is 0 Å². The van der Waals surface area contributed by atoms with E-state index in [9.17, 15) is 0 Å². The Labute approximate surface area is 143 Å². The molecule has 1 saturated carbocycles. The zero-order valence-electron chi connectivity index (χ0n) is 14.1. The van der Waals surface area contributed by atoms with Crippen molar-refractivity contribution in [1.29, 1.82) is 0 Å². The Morgan fingerprint density at radius 1 is 0.917 bits per heavy atom. The number of nitrogens with zero attached hydrogens (tertiary/aromatic N) is 4. The fourth-order valence-corrected chi connectivity index (χ4v) is 3.41. The summed E-state index contributed by atoms with van der Waals surface area (Å²) in [4.78, 5) is 13.9. The predicted octanol–water partition coefficient (Wildman–Crippen LogP) is 2.45. The Bertz CT molecular complexity index is 648. The minimum atomic E-state index is 0.707. The van der Waals surface area contributed by atoms with Crippen molar-refractivity contribution in [1.82, 2.24) is 15.3 Å². The molecule has 0 amide bonds. The number of piperazine rings is 1. The van der Waals surface area contributed by atoms with Gasteiger partial charge in [0.15, 0.2) is 0 Å². The lowest BCUT2D eigenvalue weighted by Gasteiger charge is -2.37. The molecule has 126 valence electrons. The third-order valence-corrected chi connectivity index (χ3v) is 5.11. The van der Waals surface area contributed by atoms with Crippen molar-refractivity contribution >= 4 is 11.6 Å². The van der Waals surface area contributed by atoms with Gasteiger partial charge in [-0.3, -0.25) is 0 Å². The lowest BCUT2D eigenvalue weighted by atomic mass is 9.93. The van der Waals surface area contributed by atoms with Crippen LogP contribution in [0.15, 0.2) is 42.7 Å². The van der Waals surface area contributed by atoms with Crippen LogP contribution in [-0.2, 0) is 6.54 Å². The lowest BCUT2D eigenvalue weighted by Crippen LogP contribution is -2.47. The molecule has 1 saturated heterocycles. The van der Waals surface area contributed by atoms with Gasteiger partial charge < -0.3 is 15.1 Å². The predicted molar refractivity (Wildman–Crippen MR) is 97.4 cm³/mol. The Morgan fingerprint density at radius 2 is 1.71 bits per heavy atom. The molecule has 1 aliphatic heterocycles. The van der Waals surface area contributed by atoms with E-state index >= 15 is 0 Å². The second-order valence-electron chi connectivity index (χ2n) is 6.66. The summed E-state index contributed by atoms with van der Waals surface area (Å²) < 4.78 is 0. The normalized spacial score (nSPS) is 18.5. The molecule has 5 heteroatoms. The molecule has 2 fully saturated rings. The molecule has 0 unspecified atom stereocenters. The maximum Gasteiger partial charge on any atom is 0.133 e. The molecule has 4 rings (SSSR count). The van der Waals surface area contributed by atoms with Crippen molar-refractivity contribution in [2.75, 3.05) is 36.0 Å². The van der Waals surface area contributed by atoms with E-state index in [0.717, 1.165) is 44.4 Å². The summed E-state index contributed by atoms with van der Waals surface area (Å²) in [5.41, 5.74) is 1.32. The van der Waals surface area contributed by atoms with Gasteiger partial charge in [0.1, 0.15) is 11.6 Å². The number of aromatic nitrogens is 2. The molecule has 2 aromatic heterocycles. The number of anilines is 2. The molecule has 2 aromatic rings. The molecule has 1 N–H and O–H groups in total. The fraction of sp³-hybridized carbons (Fsp3) is 0.474. The van der Waals surface area contributed by atoms with Crippen molar-refractivity contribution in [3.05, 3.63) is 48.3 Å². The van der Waals surface area contributed by atoms with E-state index in [1.54, 1.807) is 0 Å². The van der Waals surface area contributed by atoms with E-state index in [1.165, 1.54) is 24.8 Å². The van der Waals surface area contributed by atoms with Gasteiger partial charge in [-0.15, -0.1) is 0 Å². The molecule has 5 nitrogen and oxygen atoms in total. The Kier molecular flexibility index (Phi) is 4.60. The van der Waals surface area contributed by atoms with E-state index in [4.69, 9.17) is 0 Å². The lowest BCUT2D eigenvalue weighted by molar-refractivity contribution is 0.338. The summed E-state index contributed by atoms with van der Waals surface area (Å²) in [5.74, 6) is 2.22. The quantitative estimate of drug-likeness (QED) is 0.916. The topological polar surface area (TPSA) is 44.3 Å². The SMILES string of the molecule is c1ccc(N2CCN(c3ncccc3CNC3CCC3)CC2)nc1. The summed E-state index contributed by atoms with van der Waals surface area (Å²) in [6.45, 7) is 4.88. The first-order chi connectivity index (χ1) is 11.9. The summed E-state index contributed by atoms with van der Waals surface area (Å²) in [6.07, 6.45) is 7.78. The molecule has 0 spiro atoms. The number of rotatable bonds is 5. The van der Waals surface area contributed by atoms with Crippen molar-refractivity contribution in [2.45, 2.75) is 31.8 Å². The average molecular weight is 323 g/mol. The monoisotopic (exact) mass is 323 g/mol. The second-order valence-corrected chi connectivity index (χ2v) is 6.66. The molecule has 2 aliphatic rings. The highest BCUT2D eigenvalue weighted by Crippen LogP contribution is 2.23. The van der Waals surface area contributed by atoms with Gasteiger partial charge in [0.25, 0.3) is 0 Å². The number of hydrogen-bond acceptors (Lipinski definition) is 5. The standard InChI is InChI=1S/C19H25N5/c1-2-9-20-18(8-1)23-11-13-24(14-12-23)19-16(5-4-10-21-19)15-22-17-6-3-7-17/h1-2,4-5,8-10,17,22H,3,6-7,11-15H2. The Morgan fingerprint density at radius 3 is 2.42 bits per heavy atom. The van der Waals surface area contributed by atoms with E-state index in [2.05, 4.69) is 43.3 Å². The first kappa shape index (κ1) is 15.4. The second kappa shape index (κ2) is 7.18. The van der Waals surface area contributed by atoms with E-state index in [0.29, 0.717) is 6.04 Å². The molecule has 0 radical (unpaired) electrons. The molecular formula is C19H25N5. The van der Waals surface area contributed by atoms with E-state index in [1.807, 2.05) is 24.5 Å². The van der Waals surface area contributed by atoms with E-state index in [-0.39, 0.29) is 0 Å². The summed E-state index contributed by atoms with van der Waals surface area (Å²) >= 11 is 0. The molecule has 0 aromatic carbocycles. The first-order valence-corrected chi connectivity index (χ1v) is 8.98. The Balaban J connectivity index is 1.40. The molecule has 0 atom stereocenters. The third-order valence-electron chi connectivity index (χ3n) is 5.11. The molecule has 3 heterocycles. The highest BCUT2D eigenvalue weighted by molar-refractivity contribution is 5.49. The third kappa shape index (κ3) is 3.36. The van der Waals surface area contributed by atoms with Gasteiger partial charge in [-0.25, -0.2) is 9.97 Å². The number of hydrogen-bond donors (Lipinski definition) is 1. The first-order valence-electron chi connectivity index (χ1n) is 8.98. The molecular weight excluding hydrogens is 298 g/mol. The summed E-state index contributed by atoms with van der Waals surface area (Å²) in [5, 5.41) is 3.66. The van der Waals surface area contributed by atoms with Crippen LogP contribution in [0.1, 0.15) is 24.8 Å². The molecule has 24 heavy (non-hydrogen) atoms. The van der Waals surface area contributed by atoms with Crippen LogP contribution in [0.4, 0.5) is 11.6 Å². The van der Waals surface area contributed by atoms with Gasteiger partial charge in [-0.2, -0.15) is 0 Å². The van der Waals surface area contributed by atoms with Crippen LogP contribution in [0, 0.1) is 0 Å². The zero-order chi connectivity index (χ0) is 16.2. The van der Waals surface area contributed by atoms with Crippen LogP contribution < -0.4 is 15.1 Å². The maximum absolute atomic E-state index is 4.67. The van der Waals surface area contributed by atoms with Gasteiger partial charge >= 0.3 is 0 Å². The smallest absolute Gasteiger partial charge is 0.133 e. The fourth-order valence-electron chi connectivity index (χ4n) is 3.41. The van der Waals surface area contributed by atoms with Gasteiger partial charge in [-0.05, 0) is 31.0 Å². The maximum atomic E-state index is 4.67.